The number of esters is 4. The lowest BCUT2D eigenvalue weighted by Gasteiger charge is -2.21. The predicted octanol–water partition coefficient (Wildman–Crippen LogP) is 23.6. The molecule has 3 unspecified atom stereocenters. The predicted molar refractivity (Wildman–Crippen MR) is 400 cm³/mol. The molecule has 0 radical (unpaired) electrons. The molecule has 0 aliphatic rings. The first kappa shape index (κ1) is 96.1. The van der Waals surface area contributed by atoms with E-state index in [9.17, 15) is 43.2 Å². The Balaban J connectivity index is 5.26. The summed E-state index contributed by atoms with van der Waals surface area (Å²) in [5, 5.41) is 10.6. The standard InChI is InChI=1S/C79H154O17P2/c1-6-10-13-16-19-22-25-28-30-32-34-37-40-43-50-55-60-65-79(84)95-74(68-89-76(81)62-57-52-47-41-38-36-33-31-29-26-23-20-17-14-11-7-2)70-93-97(85,86)91-66-73(80)67-92-98(87,88)94-71-75(69-90-77(82)63-58-53-48-45-44-46-51-56-61-72(5)9-4)96-78(83)64-59-54-49-42-39-35-27-24-21-18-15-12-8-3/h72-75,80H,6-71H2,1-5H3,(H,85,86)(H,87,88)/t72?,73-,74-,75-/m1/s1. The summed E-state index contributed by atoms with van der Waals surface area (Å²) < 4.78 is 68.7. The van der Waals surface area contributed by atoms with E-state index in [0.717, 1.165) is 95.8 Å². The van der Waals surface area contributed by atoms with Crippen LogP contribution in [0.15, 0.2) is 0 Å². The number of aliphatic hydroxyl groups is 1. The molecule has 0 aromatic heterocycles. The summed E-state index contributed by atoms with van der Waals surface area (Å²) >= 11 is 0. The zero-order valence-corrected chi connectivity index (χ0v) is 65.7. The maximum absolute atomic E-state index is 13.1. The van der Waals surface area contributed by atoms with Gasteiger partial charge in [0.1, 0.15) is 19.3 Å². The van der Waals surface area contributed by atoms with Crippen molar-refractivity contribution in [1.29, 1.82) is 0 Å². The van der Waals surface area contributed by atoms with Crippen molar-refractivity contribution in [1.82, 2.24) is 0 Å². The summed E-state index contributed by atoms with van der Waals surface area (Å²) in [5.74, 6) is -1.33. The van der Waals surface area contributed by atoms with Gasteiger partial charge < -0.3 is 33.8 Å². The van der Waals surface area contributed by atoms with Gasteiger partial charge in [0.15, 0.2) is 12.2 Å². The van der Waals surface area contributed by atoms with Crippen molar-refractivity contribution in [2.24, 2.45) is 5.92 Å². The van der Waals surface area contributed by atoms with E-state index in [1.165, 1.54) is 244 Å². The minimum atomic E-state index is -4.96. The quantitative estimate of drug-likeness (QED) is 0.0222. The Morgan fingerprint density at radius 3 is 0.724 bits per heavy atom. The van der Waals surface area contributed by atoms with Gasteiger partial charge in [0, 0.05) is 25.7 Å². The van der Waals surface area contributed by atoms with E-state index in [1.807, 2.05) is 0 Å². The van der Waals surface area contributed by atoms with E-state index in [-0.39, 0.29) is 25.7 Å². The molecule has 0 saturated heterocycles. The van der Waals surface area contributed by atoms with E-state index in [1.54, 1.807) is 0 Å². The highest BCUT2D eigenvalue weighted by Gasteiger charge is 2.30. The molecule has 582 valence electrons. The molecule has 19 heteroatoms. The number of hydrogen-bond donors (Lipinski definition) is 3. The number of rotatable bonds is 79. The van der Waals surface area contributed by atoms with Gasteiger partial charge in [-0.05, 0) is 31.6 Å². The van der Waals surface area contributed by atoms with Gasteiger partial charge in [0.05, 0.1) is 26.4 Å². The van der Waals surface area contributed by atoms with Crippen LogP contribution in [-0.4, -0.2) is 96.7 Å². The number of unbranched alkanes of at least 4 members (excludes halogenated alkanes) is 50. The molecule has 0 fully saturated rings. The molecular formula is C79H154O17P2. The molecule has 3 N–H and O–H groups in total. The summed E-state index contributed by atoms with van der Waals surface area (Å²) in [6, 6.07) is 0. The van der Waals surface area contributed by atoms with Gasteiger partial charge in [-0.25, -0.2) is 9.13 Å². The monoisotopic (exact) mass is 1440 g/mol. The van der Waals surface area contributed by atoms with Gasteiger partial charge in [0.2, 0.25) is 0 Å². The summed E-state index contributed by atoms with van der Waals surface area (Å²) in [6.45, 7) is 7.33. The lowest BCUT2D eigenvalue weighted by atomic mass is 9.99. The Morgan fingerprint density at radius 2 is 0.490 bits per heavy atom. The van der Waals surface area contributed by atoms with E-state index in [4.69, 9.17) is 37.0 Å². The number of carbonyl (C=O) groups is 4. The van der Waals surface area contributed by atoms with Crippen LogP contribution in [0.1, 0.15) is 420 Å². The second-order valence-corrected chi connectivity index (χ2v) is 31.6. The molecule has 0 aliphatic carbocycles. The second kappa shape index (κ2) is 72.0. The molecule has 0 rings (SSSR count). The van der Waals surface area contributed by atoms with E-state index < -0.39 is 97.5 Å². The highest BCUT2D eigenvalue weighted by Crippen LogP contribution is 2.45. The average molecular weight is 1440 g/mol. The summed E-state index contributed by atoms with van der Waals surface area (Å²) in [7, 11) is -9.92. The smallest absolute Gasteiger partial charge is 0.462 e. The summed E-state index contributed by atoms with van der Waals surface area (Å²) in [5.41, 5.74) is 0. The third kappa shape index (κ3) is 71.1. The second-order valence-electron chi connectivity index (χ2n) is 28.7. The van der Waals surface area contributed by atoms with Crippen LogP contribution < -0.4 is 0 Å². The van der Waals surface area contributed by atoms with Crippen LogP contribution in [0, 0.1) is 5.92 Å². The fourth-order valence-electron chi connectivity index (χ4n) is 12.2. The Morgan fingerprint density at radius 1 is 0.286 bits per heavy atom. The third-order valence-electron chi connectivity index (χ3n) is 18.9. The molecule has 0 saturated carbocycles. The first-order valence-electron chi connectivity index (χ1n) is 41.2. The summed E-state index contributed by atoms with van der Waals surface area (Å²) in [4.78, 5) is 73.0. The molecule has 98 heavy (non-hydrogen) atoms. The zero-order valence-electron chi connectivity index (χ0n) is 63.9. The molecule has 0 spiro atoms. The lowest BCUT2D eigenvalue weighted by molar-refractivity contribution is -0.161. The molecule has 6 atom stereocenters. The fraction of sp³-hybridized carbons (Fsp3) is 0.949. The third-order valence-corrected chi connectivity index (χ3v) is 20.8. The van der Waals surface area contributed by atoms with Crippen LogP contribution in [0.3, 0.4) is 0 Å². The van der Waals surface area contributed by atoms with Crippen molar-refractivity contribution >= 4 is 39.5 Å². The minimum Gasteiger partial charge on any atom is -0.462 e. The number of carbonyl (C=O) groups excluding carboxylic acids is 4. The molecule has 0 aliphatic heterocycles. The number of hydrogen-bond acceptors (Lipinski definition) is 15. The van der Waals surface area contributed by atoms with Crippen LogP contribution in [0.25, 0.3) is 0 Å². The Labute approximate surface area is 600 Å². The maximum Gasteiger partial charge on any atom is 0.472 e. The maximum atomic E-state index is 13.1. The molecule has 0 aromatic carbocycles. The Bertz CT molecular complexity index is 1880. The molecule has 17 nitrogen and oxygen atoms in total. The first-order chi connectivity index (χ1) is 47.6. The summed E-state index contributed by atoms with van der Waals surface area (Å²) in [6.07, 6.45) is 62.2. The number of phosphoric ester groups is 2. The van der Waals surface area contributed by atoms with Gasteiger partial charge in [-0.1, -0.05) is 369 Å². The SMILES string of the molecule is CCCCCCCCCCCCCCCCCCCC(=O)O[C@H](COC(=O)CCCCCCCCCCCCCCCCCC)COP(=O)(O)OC[C@@H](O)COP(=O)(O)OC[C@@H](COC(=O)CCCCCCCCCCC(C)CC)OC(=O)CCCCCCCCCCCCCCC. The van der Waals surface area contributed by atoms with Gasteiger partial charge in [-0.3, -0.25) is 37.3 Å². The molecule has 0 amide bonds. The van der Waals surface area contributed by atoms with Crippen molar-refractivity contribution in [3.05, 3.63) is 0 Å². The molecule has 0 bridgehead atoms. The van der Waals surface area contributed by atoms with Crippen LogP contribution in [0.4, 0.5) is 0 Å². The Hall–Kier alpha value is -1.94. The zero-order chi connectivity index (χ0) is 71.9. The van der Waals surface area contributed by atoms with Crippen LogP contribution in [0.5, 0.6) is 0 Å². The highest BCUT2D eigenvalue weighted by molar-refractivity contribution is 7.47. The largest absolute Gasteiger partial charge is 0.472 e. The van der Waals surface area contributed by atoms with E-state index in [0.29, 0.717) is 25.7 Å². The topological polar surface area (TPSA) is 237 Å². The van der Waals surface area contributed by atoms with Crippen molar-refractivity contribution in [3.8, 4) is 0 Å². The van der Waals surface area contributed by atoms with Crippen LogP contribution in [0.2, 0.25) is 0 Å². The lowest BCUT2D eigenvalue weighted by Crippen LogP contribution is -2.30. The van der Waals surface area contributed by atoms with Gasteiger partial charge in [-0.15, -0.1) is 0 Å². The molecular weight excluding hydrogens is 1280 g/mol. The normalized spacial score (nSPS) is 14.2. The van der Waals surface area contributed by atoms with Crippen molar-refractivity contribution < 1.29 is 80.2 Å². The van der Waals surface area contributed by atoms with E-state index in [2.05, 4.69) is 34.6 Å². The van der Waals surface area contributed by atoms with Gasteiger partial charge in [0.25, 0.3) is 0 Å². The minimum absolute atomic E-state index is 0.108. The number of ether oxygens (including phenoxy) is 4. The number of aliphatic hydroxyl groups excluding tert-OH is 1. The van der Waals surface area contributed by atoms with Gasteiger partial charge >= 0.3 is 39.5 Å². The molecule has 0 aromatic rings. The highest BCUT2D eigenvalue weighted by atomic mass is 31.2. The van der Waals surface area contributed by atoms with Crippen molar-refractivity contribution in [2.75, 3.05) is 39.6 Å². The fourth-order valence-corrected chi connectivity index (χ4v) is 13.8. The van der Waals surface area contributed by atoms with Crippen molar-refractivity contribution in [2.45, 2.75) is 438 Å². The average Bonchev–Trinajstić information content (AvgIpc) is 1.15. The van der Waals surface area contributed by atoms with Crippen molar-refractivity contribution in [3.63, 3.8) is 0 Å². The molecule has 0 heterocycles. The first-order valence-corrected chi connectivity index (χ1v) is 44.2. The van der Waals surface area contributed by atoms with E-state index >= 15 is 0 Å². The van der Waals surface area contributed by atoms with Crippen LogP contribution in [-0.2, 0) is 65.4 Å². The van der Waals surface area contributed by atoms with Gasteiger partial charge in [-0.2, -0.15) is 0 Å². The number of phosphoric acid groups is 2. The van der Waals surface area contributed by atoms with Crippen LogP contribution >= 0.6 is 15.6 Å². The Kier molecular flexibility index (Phi) is 70.6.